The lowest BCUT2D eigenvalue weighted by Crippen LogP contribution is -2.14. The molecule has 0 saturated carbocycles. The maximum atomic E-state index is 11.3. The quantitative estimate of drug-likeness (QED) is 0.619. The third kappa shape index (κ3) is 2.25. The number of amides is 1. The highest BCUT2D eigenvalue weighted by atomic mass is 16.6. The molecule has 2 N–H and O–H groups in total. The van der Waals surface area contributed by atoms with Gasteiger partial charge in [0, 0.05) is 19.4 Å². The number of rotatable bonds is 5. The molecule has 106 valence electrons. The van der Waals surface area contributed by atoms with Gasteiger partial charge in [-0.1, -0.05) is 6.92 Å². The first kappa shape index (κ1) is 13.7. The average molecular weight is 278 g/mol. The lowest BCUT2D eigenvalue weighted by molar-refractivity contribution is -0.385. The summed E-state index contributed by atoms with van der Waals surface area (Å²) in [4.78, 5) is 25.9. The van der Waals surface area contributed by atoms with Crippen molar-refractivity contribution >= 4 is 11.6 Å². The lowest BCUT2D eigenvalue weighted by Gasteiger charge is -2.05. The first-order chi connectivity index (χ1) is 9.45. The minimum Gasteiger partial charge on any atom is -0.364 e. The largest absolute Gasteiger partial charge is 0.364 e. The standard InChI is InChI=1S/C11H14N6O3/c1-3-7-10(17(19)20)9(11(12)18)14-16(7)6-8-13-4-5-15(8)2/h4-5H,3,6H2,1-2H3,(H2,12,18). The van der Waals surface area contributed by atoms with Crippen LogP contribution in [0.25, 0.3) is 0 Å². The Bertz CT molecular complexity index is 672. The molecule has 0 spiro atoms. The highest BCUT2D eigenvalue weighted by Gasteiger charge is 2.30. The van der Waals surface area contributed by atoms with E-state index in [-0.39, 0.29) is 17.9 Å². The van der Waals surface area contributed by atoms with Crippen molar-refractivity contribution in [3.05, 3.63) is 39.7 Å². The van der Waals surface area contributed by atoms with Crippen molar-refractivity contribution in [1.82, 2.24) is 19.3 Å². The van der Waals surface area contributed by atoms with E-state index in [1.165, 1.54) is 4.68 Å². The summed E-state index contributed by atoms with van der Waals surface area (Å²) in [7, 11) is 1.81. The highest BCUT2D eigenvalue weighted by molar-refractivity contribution is 5.95. The predicted molar refractivity (Wildman–Crippen MR) is 69.1 cm³/mol. The topological polar surface area (TPSA) is 122 Å². The maximum absolute atomic E-state index is 11.3. The summed E-state index contributed by atoms with van der Waals surface area (Å²) in [6.45, 7) is 1.99. The first-order valence-electron chi connectivity index (χ1n) is 5.95. The molecular weight excluding hydrogens is 264 g/mol. The van der Waals surface area contributed by atoms with Crippen LogP contribution in [0.1, 0.15) is 28.9 Å². The molecule has 0 aliphatic rings. The molecule has 0 atom stereocenters. The number of hydrogen-bond acceptors (Lipinski definition) is 5. The fraction of sp³-hybridized carbons (Fsp3) is 0.364. The molecule has 9 nitrogen and oxygen atoms in total. The SMILES string of the molecule is CCc1c([N+](=O)[O-])c(C(N)=O)nn1Cc1nccn1C. The Morgan fingerprint density at radius 1 is 1.55 bits per heavy atom. The number of aromatic nitrogens is 4. The van der Waals surface area contributed by atoms with Crippen LogP contribution in [-0.2, 0) is 20.0 Å². The minimum atomic E-state index is -0.912. The Morgan fingerprint density at radius 2 is 2.25 bits per heavy atom. The van der Waals surface area contributed by atoms with Gasteiger partial charge in [-0.15, -0.1) is 0 Å². The minimum absolute atomic E-state index is 0.237. The third-order valence-electron chi connectivity index (χ3n) is 2.99. The van der Waals surface area contributed by atoms with Gasteiger partial charge in [-0.25, -0.2) is 4.98 Å². The number of carbonyl (C=O) groups is 1. The van der Waals surface area contributed by atoms with Crippen molar-refractivity contribution in [3.63, 3.8) is 0 Å². The van der Waals surface area contributed by atoms with E-state index < -0.39 is 10.8 Å². The van der Waals surface area contributed by atoms with Gasteiger partial charge < -0.3 is 10.3 Å². The summed E-state index contributed by atoms with van der Waals surface area (Å²) in [5, 5.41) is 15.1. The summed E-state index contributed by atoms with van der Waals surface area (Å²) in [5.41, 5.74) is 4.86. The van der Waals surface area contributed by atoms with Gasteiger partial charge in [0.25, 0.3) is 5.91 Å². The summed E-state index contributed by atoms with van der Waals surface area (Å²) in [6, 6.07) is 0. The van der Waals surface area contributed by atoms with Crippen molar-refractivity contribution < 1.29 is 9.72 Å². The van der Waals surface area contributed by atoms with Crippen LogP contribution in [0.15, 0.2) is 12.4 Å². The van der Waals surface area contributed by atoms with Gasteiger partial charge in [0.2, 0.25) is 5.69 Å². The number of primary amides is 1. The smallest absolute Gasteiger partial charge is 0.323 e. The number of carbonyl (C=O) groups excluding carboxylic acids is 1. The van der Waals surface area contributed by atoms with E-state index in [0.717, 1.165) is 0 Å². The Morgan fingerprint density at radius 3 is 2.70 bits per heavy atom. The van der Waals surface area contributed by atoms with E-state index in [1.54, 1.807) is 30.9 Å². The van der Waals surface area contributed by atoms with Crippen molar-refractivity contribution in [3.8, 4) is 0 Å². The fourth-order valence-electron chi connectivity index (χ4n) is 2.01. The molecule has 2 aromatic heterocycles. The number of imidazole rings is 1. The molecule has 0 fully saturated rings. The number of nitro groups is 1. The fourth-order valence-corrected chi connectivity index (χ4v) is 2.01. The van der Waals surface area contributed by atoms with Gasteiger partial charge >= 0.3 is 5.69 Å². The first-order valence-corrected chi connectivity index (χ1v) is 5.95. The van der Waals surface area contributed by atoms with Crippen LogP contribution in [0, 0.1) is 10.1 Å². The summed E-state index contributed by atoms with van der Waals surface area (Å²) in [5.74, 6) is -0.238. The Labute approximate surface area is 114 Å². The Balaban J connectivity index is 2.53. The van der Waals surface area contributed by atoms with Gasteiger partial charge in [0.15, 0.2) is 0 Å². The maximum Gasteiger partial charge on any atom is 0.323 e. The number of nitrogens with two attached hydrogens (primary N) is 1. The van der Waals surface area contributed by atoms with Crippen molar-refractivity contribution in [1.29, 1.82) is 0 Å². The molecule has 1 amide bonds. The summed E-state index contributed by atoms with van der Waals surface area (Å²) >= 11 is 0. The van der Waals surface area contributed by atoms with Gasteiger partial charge in [0.1, 0.15) is 11.5 Å². The second kappa shape index (κ2) is 5.11. The molecule has 0 radical (unpaired) electrons. The number of hydrogen-bond donors (Lipinski definition) is 1. The van der Waals surface area contributed by atoms with Crippen LogP contribution in [-0.4, -0.2) is 30.2 Å². The monoisotopic (exact) mass is 278 g/mol. The van der Waals surface area contributed by atoms with E-state index in [0.29, 0.717) is 17.9 Å². The van der Waals surface area contributed by atoms with E-state index in [4.69, 9.17) is 5.73 Å². The number of aryl methyl sites for hydroxylation is 1. The van der Waals surface area contributed by atoms with Crippen LogP contribution in [0.2, 0.25) is 0 Å². The van der Waals surface area contributed by atoms with E-state index in [2.05, 4.69) is 10.1 Å². The predicted octanol–water partition coefficient (Wildman–Crippen LogP) is 0.234. The molecule has 0 unspecified atom stereocenters. The molecule has 0 saturated heterocycles. The van der Waals surface area contributed by atoms with Gasteiger partial charge in [-0.2, -0.15) is 5.10 Å². The van der Waals surface area contributed by atoms with E-state index in [1.807, 2.05) is 0 Å². The van der Waals surface area contributed by atoms with Crippen molar-refractivity contribution in [2.75, 3.05) is 0 Å². The normalized spacial score (nSPS) is 10.7. The zero-order valence-electron chi connectivity index (χ0n) is 11.1. The summed E-state index contributed by atoms with van der Waals surface area (Å²) in [6.07, 6.45) is 3.74. The zero-order chi connectivity index (χ0) is 14.9. The van der Waals surface area contributed by atoms with Crippen LogP contribution in [0.5, 0.6) is 0 Å². The van der Waals surface area contributed by atoms with E-state index >= 15 is 0 Å². The zero-order valence-corrected chi connectivity index (χ0v) is 11.1. The van der Waals surface area contributed by atoms with Crippen LogP contribution < -0.4 is 5.73 Å². The third-order valence-corrected chi connectivity index (χ3v) is 2.99. The van der Waals surface area contributed by atoms with Crippen LogP contribution in [0.3, 0.4) is 0 Å². The molecule has 20 heavy (non-hydrogen) atoms. The molecule has 9 heteroatoms. The molecule has 2 heterocycles. The van der Waals surface area contributed by atoms with Gasteiger partial charge in [-0.05, 0) is 6.42 Å². The van der Waals surface area contributed by atoms with Crippen LogP contribution in [0.4, 0.5) is 5.69 Å². The van der Waals surface area contributed by atoms with Gasteiger partial charge in [0.05, 0.1) is 11.5 Å². The average Bonchev–Trinajstić information content (AvgIpc) is 2.94. The lowest BCUT2D eigenvalue weighted by atomic mass is 10.2. The highest BCUT2D eigenvalue weighted by Crippen LogP contribution is 2.24. The second-order valence-electron chi connectivity index (χ2n) is 4.23. The van der Waals surface area contributed by atoms with Crippen molar-refractivity contribution in [2.45, 2.75) is 19.9 Å². The molecule has 2 aromatic rings. The molecule has 2 rings (SSSR count). The van der Waals surface area contributed by atoms with Gasteiger partial charge in [-0.3, -0.25) is 19.6 Å². The second-order valence-corrected chi connectivity index (χ2v) is 4.23. The van der Waals surface area contributed by atoms with Crippen LogP contribution >= 0.6 is 0 Å². The molecular formula is C11H14N6O3. The Hall–Kier alpha value is -2.71. The molecule has 0 aliphatic heterocycles. The summed E-state index contributed by atoms with van der Waals surface area (Å²) < 4.78 is 3.18. The number of nitrogens with zero attached hydrogens (tertiary/aromatic N) is 5. The van der Waals surface area contributed by atoms with Crippen molar-refractivity contribution in [2.24, 2.45) is 12.8 Å². The van der Waals surface area contributed by atoms with E-state index in [9.17, 15) is 14.9 Å². The molecule has 0 aromatic carbocycles. The molecule has 0 bridgehead atoms. The molecule has 0 aliphatic carbocycles. The Kier molecular flexibility index (Phi) is 3.51.